The zero-order valence-electron chi connectivity index (χ0n) is 12.2. The van der Waals surface area contributed by atoms with Gasteiger partial charge in [0.1, 0.15) is 5.37 Å². The topological polar surface area (TPSA) is 89.9 Å². The minimum Gasteiger partial charge on any atom is -0.477 e. The van der Waals surface area contributed by atoms with E-state index in [0.29, 0.717) is 14.7 Å². The van der Waals surface area contributed by atoms with E-state index in [1.54, 1.807) is 30.4 Å². The Bertz CT molecular complexity index is 539. The molecular weight excluding hydrogens is 344 g/mol. The first-order valence-corrected chi connectivity index (χ1v) is 10.1. The Morgan fingerprint density at radius 3 is 2.73 bits per heavy atom. The molecule has 5 atom stereocenters. The van der Waals surface area contributed by atoms with Gasteiger partial charge in [0.15, 0.2) is 5.70 Å². The van der Waals surface area contributed by atoms with Gasteiger partial charge in [-0.15, -0.1) is 11.8 Å². The van der Waals surface area contributed by atoms with Crippen LogP contribution in [-0.4, -0.2) is 68.3 Å². The van der Waals surface area contributed by atoms with Crippen LogP contribution in [0.3, 0.4) is 0 Å². The predicted molar refractivity (Wildman–Crippen MR) is 89.6 cm³/mol. The van der Waals surface area contributed by atoms with Crippen molar-refractivity contribution in [3.8, 4) is 0 Å². The van der Waals surface area contributed by atoms with Gasteiger partial charge in [0, 0.05) is 23.6 Å². The van der Waals surface area contributed by atoms with Crippen molar-refractivity contribution in [2.24, 2.45) is 5.92 Å². The Balaban J connectivity index is 1.81. The fraction of sp³-hybridized carbons (Fsp3) is 0.692. The molecule has 4 unspecified atom stereocenters. The van der Waals surface area contributed by atoms with Crippen LogP contribution < -0.4 is 5.32 Å². The number of β-lactam (4-membered cyclic amide) rings is 1. The first-order chi connectivity index (χ1) is 10.5. The number of carboxylic acids is 1. The molecule has 0 aromatic rings. The summed E-state index contributed by atoms with van der Waals surface area (Å²) in [4.78, 5) is 25.1. The SMILES string of the molecule is CSC1CNCC1SC1=C(C(=O)O)N2C(=O)C(C(C)O)[C@H]2S1. The van der Waals surface area contributed by atoms with Crippen LogP contribution in [0.25, 0.3) is 0 Å². The molecule has 6 nitrogen and oxygen atoms in total. The number of amides is 1. The lowest BCUT2D eigenvalue weighted by atomic mass is 9.92. The van der Waals surface area contributed by atoms with Gasteiger partial charge >= 0.3 is 5.97 Å². The van der Waals surface area contributed by atoms with E-state index < -0.39 is 18.0 Å². The number of aliphatic hydroxyl groups is 1. The van der Waals surface area contributed by atoms with E-state index in [-0.39, 0.29) is 17.0 Å². The average Bonchev–Trinajstić information content (AvgIpc) is 3.01. The molecule has 2 saturated heterocycles. The van der Waals surface area contributed by atoms with Gasteiger partial charge < -0.3 is 15.5 Å². The van der Waals surface area contributed by atoms with E-state index in [1.165, 1.54) is 16.7 Å². The summed E-state index contributed by atoms with van der Waals surface area (Å²) in [5.74, 6) is -1.86. The van der Waals surface area contributed by atoms with Gasteiger partial charge in [-0.2, -0.15) is 11.8 Å². The van der Waals surface area contributed by atoms with Crippen LogP contribution in [0.15, 0.2) is 9.93 Å². The van der Waals surface area contributed by atoms with Crippen molar-refractivity contribution in [1.82, 2.24) is 10.2 Å². The highest BCUT2D eigenvalue weighted by Gasteiger charge is 2.58. The van der Waals surface area contributed by atoms with Crippen molar-refractivity contribution < 1.29 is 19.8 Å². The van der Waals surface area contributed by atoms with Crippen LogP contribution in [0.2, 0.25) is 0 Å². The molecule has 2 fully saturated rings. The third-order valence-electron chi connectivity index (χ3n) is 4.14. The number of rotatable bonds is 5. The van der Waals surface area contributed by atoms with Crippen molar-refractivity contribution in [1.29, 1.82) is 0 Å². The van der Waals surface area contributed by atoms with E-state index in [9.17, 15) is 19.8 Å². The molecule has 22 heavy (non-hydrogen) atoms. The number of nitrogens with zero attached hydrogens (tertiary/aromatic N) is 1. The Labute approximate surface area is 141 Å². The highest BCUT2D eigenvalue weighted by Crippen LogP contribution is 2.55. The monoisotopic (exact) mass is 362 g/mol. The maximum Gasteiger partial charge on any atom is 0.354 e. The minimum atomic E-state index is -1.07. The molecule has 3 aliphatic heterocycles. The van der Waals surface area contributed by atoms with Crippen molar-refractivity contribution in [2.75, 3.05) is 19.3 Å². The summed E-state index contributed by atoms with van der Waals surface area (Å²) in [5.41, 5.74) is 0.0913. The number of nitrogens with one attached hydrogen (secondary N) is 1. The van der Waals surface area contributed by atoms with Gasteiger partial charge in [-0.25, -0.2) is 4.79 Å². The zero-order chi connectivity index (χ0) is 16.0. The van der Waals surface area contributed by atoms with E-state index in [4.69, 9.17) is 0 Å². The summed E-state index contributed by atoms with van der Waals surface area (Å²) < 4.78 is 0.696. The molecule has 3 aliphatic rings. The Kier molecular flexibility index (Phi) is 4.71. The number of carbonyl (C=O) groups excluding carboxylic acids is 1. The second-order valence-electron chi connectivity index (χ2n) is 5.51. The minimum absolute atomic E-state index is 0.0913. The first kappa shape index (κ1) is 16.5. The number of hydrogen-bond acceptors (Lipinski definition) is 7. The maximum absolute atomic E-state index is 12.1. The molecule has 0 aromatic heterocycles. The number of thioether (sulfide) groups is 3. The Hall–Kier alpha value is -0.350. The summed E-state index contributed by atoms with van der Waals surface area (Å²) in [7, 11) is 0. The molecule has 0 spiro atoms. The van der Waals surface area contributed by atoms with Crippen molar-refractivity contribution in [2.45, 2.75) is 28.9 Å². The summed E-state index contributed by atoms with van der Waals surface area (Å²) in [5, 5.41) is 23.0. The zero-order valence-corrected chi connectivity index (χ0v) is 14.6. The van der Waals surface area contributed by atoms with Crippen LogP contribution >= 0.6 is 35.3 Å². The van der Waals surface area contributed by atoms with Gasteiger partial charge in [0.05, 0.1) is 16.3 Å². The van der Waals surface area contributed by atoms with Crippen LogP contribution in [0, 0.1) is 5.92 Å². The smallest absolute Gasteiger partial charge is 0.354 e. The summed E-state index contributed by atoms with van der Waals surface area (Å²) in [6, 6.07) is 0. The first-order valence-electron chi connectivity index (χ1n) is 7.01. The summed E-state index contributed by atoms with van der Waals surface area (Å²) in [6.07, 6.45) is 1.30. The van der Waals surface area contributed by atoms with Crippen LogP contribution in [-0.2, 0) is 9.59 Å². The number of carbonyl (C=O) groups is 2. The molecule has 3 N–H and O–H groups in total. The predicted octanol–water partition coefficient (Wildman–Crippen LogP) is 0.589. The fourth-order valence-corrected chi connectivity index (χ4v) is 7.37. The van der Waals surface area contributed by atoms with Crippen molar-refractivity contribution in [3.63, 3.8) is 0 Å². The van der Waals surface area contributed by atoms with Crippen LogP contribution in [0.1, 0.15) is 6.92 Å². The standard InChI is InChI=1S/C13H18N2O4S3/c1-5(16)8-10(17)15-9(12(18)19)13(22-11(8)15)21-7-4-14-3-6(7)20-2/h5-8,11,14,16H,3-4H2,1-2H3,(H,18,19)/t5?,6?,7?,8?,11-/m1/s1. The molecule has 3 rings (SSSR count). The van der Waals surface area contributed by atoms with E-state index in [1.807, 2.05) is 0 Å². The van der Waals surface area contributed by atoms with E-state index in [0.717, 1.165) is 13.1 Å². The van der Waals surface area contributed by atoms with Crippen LogP contribution in [0.5, 0.6) is 0 Å². The maximum atomic E-state index is 12.1. The lowest BCUT2D eigenvalue weighted by Gasteiger charge is -2.43. The second kappa shape index (κ2) is 6.27. The molecule has 9 heteroatoms. The molecule has 0 radical (unpaired) electrons. The molecule has 122 valence electrons. The van der Waals surface area contributed by atoms with Gasteiger partial charge in [0.2, 0.25) is 5.91 Å². The average molecular weight is 362 g/mol. The molecule has 1 amide bonds. The number of hydrogen-bond donors (Lipinski definition) is 3. The van der Waals surface area contributed by atoms with Gasteiger partial charge in [-0.1, -0.05) is 11.8 Å². The fourth-order valence-electron chi connectivity index (χ4n) is 2.95. The van der Waals surface area contributed by atoms with Gasteiger partial charge in [-0.3, -0.25) is 9.69 Å². The molecule has 0 aromatic carbocycles. The summed E-state index contributed by atoms with van der Waals surface area (Å²) in [6.45, 7) is 3.34. The van der Waals surface area contributed by atoms with Crippen molar-refractivity contribution >= 4 is 47.2 Å². The van der Waals surface area contributed by atoms with Crippen LogP contribution in [0.4, 0.5) is 0 Å². The second-order valence-corrected chi connectivity index (χ2v) is 9.22. The number of aliphatic hydroxyl groups excluding tert-OH is 1. The third kappa shape index (κ3) is 2.56. The third-order valence-corrected chi connectivity index (χ3v) is 8.34. The lowest BCUT2D eigenvalue weighted by Crippen LogP contribution is -2.60. The molecule has 0 bridgehead atoms. The number of carboxylic acid groups (broad SMARTS) is 1. The van der Waals surface area contributed by atoms with Gasteiger partial charge in [0.25, 0.3) is 0 Å². The Morgan fingerprint density at radius 2 is 2.14 bits per heavy atom. The number of fused-ring (bicyclic) bond motifs is 1. The normalized spacial score (nSPS) is 35.6. The largest absolute Gasteiger partial charge is 0.477 e. The highest BCUT2D eigenvalue weighted by molar-refractivity contribution is 8.23. The lowest BCUT2D eigenvalue weighted by molar-refractivity contribution is -0.156. The van der Waals surface area contributed by atoms with Crippen molar-refractivity contribution in [3.05, 3.63) is 9.93 Å². The molecule has 0 saturated carbocycles. The van der Waals surface area contributed by atoms with E-state index in [2.05, 4.69) is 11.6 Å². The molecule has 0 aliphatic carbocycles. The quantitative estimate of drug-likeness (QED) is 0.612. The molecule has 3 heterocycles. The Morgan fingerprint density at radius 1 is 1.45 bits per heavy atom. The summed E-state index contributed by atoms with van der Waals surface area (Å²) >= 11 is 4.73. The molecular formula is C13H18N2O4S3. The van der Waals surface area contributed by atoms with Gasteiger partial charge in [-0.05, 0) is 13.2 Å². The highest BCUT2D eigenvalue weighted by atomic mass is 32.2. The number of aliphatic carboxylic acids is 1. The van der Waals surface area contributed by atoms with E-state index >= 15 is 0 Å².